The Balaban J connectivity index is 1.73. The number of hydrogen-bond donors (Lipinski definition) is 2. The standard InChI is InChI=1S/C21H24N4O6/c1-3-30-18(31-4-2)13-24-17-8-6-5-7-16(17)19(20(24)26)23-21(27)22-14-9-11-15(12-10-14)25(28)29/h5-12,18-19H,3-4,13H2,1-2H3,(H2,22,23,27)/t19-/m0/s1. The van der Waals surface area contributed by atoms with Crippen LogP contribution in [0.4, 0.5) is 21.9 Å². The Kier molecular flexibility index (Phi) is 7.16. The molecule has 2 aromatic carbocycles. The number of nitro groups is 1. The molecule has 0 bridgehead atoms. The third kappa shape index (κ3) is 5.16. The first kappa shape index (κ1) is 22.2. The summed E-state index contributed by atoms with van der Waals surface area (Å²) in [6, 6.07) is 11.1. The van der Waals surface area contributed by atoms with E-state index < -0.39 is 23.3 Å². The second kappa shape index (κ2) is 10.0. The summed E-state index contributed by atoms with van der Waals surface area (Å²) >= 11 is 0. The lowest BCUT2D eigenvalue weighted by Gasteiger charge is -2.24. The molecule has 31 heavy (non-hydrogen) atoms. The first-order chi connectivity index (χ1) is 14.9. The van der Waals surface area contributed by atoms with E-state index in [1.165, 1.54) is 24.3 Å². The van der Waals surface area contributed by atoms with Crippen molar-refractivity contribution in [3.63, 3.8) is 0 Å². The maximum Gasteiger partial charge on any atom is 0.320 e. The van der Waals surface area contributed by atoms with Gasteiger partial charge in [0.25, 0.3) is 11.6 Å². The van der Waals surface area contributed by atoms with Crippen molar-refractivity contribution in [1.29, 1.82) is 0 Å². The lowest BCUT2D eigenvalue weighted by atomic mass is 10.1. The van der Waals surface area contributed by atoms with Crippen molar-refractivity contribution >= 4 is 29.0 Å². The van der Waals surface area contributed by atoms with Crippen molar-refractivity contribution in [3.05, 3.63) is 64.2 Å². The van der Waals surface area contributed by atoms with Crippen molar-refractivity contribution in [2.24, 2.45) is 0 Å². The van der Waals surface area contributed by atoms with Gasteiger partial charge >= 0.3 is 6.03 Å². The van der Waals surface area contributed by atoms with Crippen LogP contribution in [-0.4, -0.2) is 42.9 Å². The van der Waals surface area contributed by atoms with Gasteiger partial charge in [0.1, 0.15) is 6.04 Å². The van der Waals surface area contributed by atoms with Crippen LogP contribution in [0.1, 0.15) is 25.5 Å². The van der Waals surface area contributed by atoms with Gasteiger partial charge in [-0.1, -0.05) is 18.2 Å². The highest BCUT2D eigenvalue weighted by Gasteiger charge is 2.39. The van der Waals surface area contributed by atoms with E-state index in [4.69, 9.17) is 9.47 Å². The Morgan fingerprint density at radius 2 is 1.77 bits per heavy atom. The zero-order chi connectivity index (χ0) is 22.4. The fourth-order valence-electron chi connectivity index (χ4n) is 3.35. The number of non-ortho nitro benzene ring substituents is 1. The van der Waals surface area contributed by atoms with Gasteiger partial charge in [0, 0.05) is 42.3 Å². The number of carbonyl (C=O) groups excluding carboxylic acids is 2. The number of para-hydroxylation sites is 1. The number of amides is 3. The summed E-state index contributed by atoms with van der Waals surface area (Å²) in [5.41, 5.74) is 1.63. The normalized spacial score (nSPS) is 15.1. The highest BCUT2D eigenvalue weighted by atomic mass is 16.7. The fraction of sp³-hybridized carbons (Fsp3) is 0.333. The molecule has 164 valence electrons. The maximum absolute atomic E-state index is 13.1. The van der Waals surface area contributed by atoms with Gasteiger partial charge in [0.15, 0.2) is 6.29 Å². The van der Waals surface area contributed by atoms with E-state index in [0.29, 0.717) is 30.2 Å². The van der Waals surface area contributed by atoms with Gasteiger partial charge in [-0.25, -0.2) is 4.79 Å². The largest absolute Gasteiger partial charge is 0.351 e. The van der Waals surface area contributed by atoms with Crippen LogP contribution in [0, 0.1) is 10.1 Å². The van der Waals surface area contributed by atoms with E-state index in [2.05, 4.69) is 10.6 Å². The second-order valence-electron chi connectivity index (χ2n) is 6.68. The van der Waals surface area contributed by atoms with Crippen molar-refractivity contribution < 1.29 is 24.0 Å². The molecule has 0 saturated carbocycles. The highest BCUT2D eigenvalue weighted by Crippen LogP contribution is 2.36. The highest BCUT2D eigenvalue weighted by molar-refractivity contribution is 6.07. The topological polar surface area (TPSA) is 123 Å². The molecular weight excluding hydrogens is 404 g/mol. The van der Waals surface area contributed by atoms with Gasteiger partial charge in [-0.05, 0) is 32.0 Å². The summed E-state index contributed by atoms with van der Waals surface area (Å²) < 4.78 is 11.1. The Morgan fingerprint density at radius 3 is 2.39 bits per heavy atom. The van der Waals surface area contributed by atoms with Gasteiger partial charge in [0.2, 0.25) is 0 Å². The summed E-state index contributed by atoms with van der Waals surface area (Å²) in [6.45, 7) is 4.76. The quantitative estimate of drug-likeness (QED) is 0.359. The first-order valence-electron chi connectivity index (χ1n) is 9.90. The number of anilines is 2. The Labute approximate surface area is 179 Å². The summed E-state index contributed by atoms with van der Waals surface area (Å²) in [5.74, 6) is -0.301. The van der Waals surface area contributed by atoms with Crippen LogP contribution in [0.2, 0.25) is 0 Å². The van der Waals surface area contributed by atoms with Gasteiger partial charge in [-0.15, -0.1) is 0 Å². The minimum absolute atomic E-state index is 0.0837. The van der Waals surface area contributed by atoms with Crippen LogP contribution in [0.5, 0.6) is 0 Å². The number of carbonyl (C=O) groups is 2. The number of fused-ring (bicyclic) bond motifs is 1. The van der Waals surface area contributed by atoms with Gasteiger partial charge in [-0.3, -0.25) is 14.9 Å². The zero-order valence-corrected chi connectivity index (χ0v) is 17.2. The van der Waals surface area contributed by atoms with Crippen molar-refractivity contribution in [2.45, 2.75) is 26.2 Å². The molecule has 0 aliphatic carbocycles. The van der Waals surface area contributed by atoms with Crippen molar-refractivity contribution in [2.75, 3.05) is 30.0 Å². The molecule has 0 aromatic heterocycles. The number of nitrogens with zero attached hydrogens (tertiary/aromatic N) is 2. The average Bonchev–Trinajstić information content (AvgIpc) is 3.00. The number of nitrogens with one attached hydrogen (secondary N) is 2. The predicted octanol–water partition coefficient (Wildman–Crippen LogP) is 3.20. The summed E-state index contributed by atoms with van der Waals surface area (Å²) in [4.78, 5) is 37.4. The summed E-state index contributed by atoms with van der Waals surface area (Å²) in [6.07, 6.45) is -0.584. The van der Waals surface area contributed by atoms with E-state index in [-0.39, 0.29) is 18.1 Å². The minimum atomic E-state index is -0.877. The van der Waals surface area contributed by atoms with Crippen LogP contribution in [-0.2, 0) is 14.3 Å². The molecule has 0 radical (unpaired) electrons. The Morgan fingerprint density at radius 1 is 1.13 bits per heavy atom. The molecule has 0 saturated heterocycles. The number of hydrogen-bond acceptors (Lipinski definition) is 6. The molecule has 10 nitrogen and oxygen atoms in total. The average molecular weight is 428 g/mol. The number of benzene rings is 2. The van der Waals surface area contributed by atoms with Gasteiger partial charge in [0.05, 0.1) is 11.5 Å². The van der Waals surface area contributed by atoms with E-state index in [0.717, 1.165) is 0 Å². The third-order valence-electron chi connectivity index (χ3n) is 4.70. The van der Waals surface area contributed by atoms with Gasteiger partial charge in [-0.2, -0.15) is 0 Å². The maximum atomic E-state index is 13.1. The smallest absolute Gasteiger partial charge is 0.320 e. The minimum Gasteiger partial charge on any atom is -0.351 e. The molecular formula is C21H24N4O6. The van der Waals surface area contributed by atoms with E-state index in [1.807, 2.05) is 19.9 Å². The first-order valence-corrected chi connectivity index (χ1v) is 9.90. The molecule has 2 N–H and O–H groups in total. The molecule has 1 atom stereocenters. The molecule has 0 fully saturated rings. The number of ether oxygens (including phenoxy) is 2. The molecule has 0 spiro atoms. The molecule has 3 amide bonds. The lowest BCUT2D eigenvalue weighted by Crippen LogP contribution is -2.43. The predicted molar refractivity (Wildman–Crippen MR) is 114 cm³/mol. The van der Waals surface area contributed by atoms with Gasteiger partial charge < -0.3 is 25.0 Å². The van der Waals surface area contributed by atoms with E-state index >= 15 is 0 Å². The second-order valence-corrected chi connectivity index (χ2v) is 6.68. The van der Waals surface area contributed by atoms with Crippen molar-refractivity contribution in [1.82, 2.24) is 5.32 Å². The Hall–Kier alpha value is -3.50. The summed E-state index contributed by atoms with van der Waals surface area (Å²) in [7, 11) is 0. The SMILES string of the molecule is CCOC(CN1C(=O)[C@@H](NC(=O)Nc2ccc([N+](=O)[O-])cc2)c2ccccc21)OCC. The summed E-state index contributed by atoms with van der Waals surface area (Å²) in [5, 5.41) is 16.0. The van der Waals surface area contributed by atoms with Crippen LogP contribution in [0.3, 0.4) is 0 Å². The third-order valence-corrected chi connectivity index (χ3v) is 4.70. The van der Waals surface area contributed by atoms with Crippen LogP contribution in [0.25, 0.3) is 0 Å². The molecule has 3 rings (SSSR count). The fourth-order valence-corrected chi connectivity index (χ4v) is 3.35. The number of urea groups is 1. The number of rotatable bonds is 9. The molecule has 1 aliphatic rings. The zero-order valence-electron chi connectivity index (χ0n) is 17.2. The molecule has 1 heterocycles. The van der Waals surface area contributed by atoms with E-state index in [1.54, 1.807) is 23.1 Å². The number of nitro benzene ring substituents is 1. The molecule has 0 unspecified atom stereocenters. The molecule has 10 heteroatoms. The molecule has 1 aliphatic heterocycles. The van der Waals surface area contributed by atoms with Crippen LogP contribution < -0.4 is 15.5 Å². The van der Waals surface area contributed by atoms with Crippen LogP contribution >= 0.6 is 0 Å². The monoisotopic (exact) mass is 428 g/mol. The van der Waals surface area contributed by atoms with Crippen LogP contribution in [0.15, 0.2) is 48.5 Å². The van der Waals surface area contributed by atoms with E-state index in [9.17, 15) is 19.7 Å². The Bertz CT molecular complexity index is 943. The molecule has 2 aromatic rings. The lowest BCUT2D eigenvalue weighted by molar-refractivity contribution is -0.384. The van der Waals surface area contributed by atoms with Crippen molar-refractivity contribution in [3.8, 4) is 0 Å².